The fourth-order valence-corrected chi connectivity index (χ4v) is 1.31. The van der Waals surface area contributed by atoms with Crippen molar-refractivity contribution in [1.82, 2.24) is 0 Å². The van der Waals surface area contributed by atoms with E-state index >= 15 is 0 Å². The molecule has 0 saturated carbocycles. The molecule has 0 aromatic heterocycles. The summed E-state index contributed by atoms with van der Waals surface area (Å²) in [7, 11) is -4.48. The van der Waals surface area contributed by atoms with Crippen LogP contribution in [0.25, 0.3) is 0 Å². The molecule has 0 aromatic rings. The van der Waals surface area contributed by atoms with E-state index in [1.54, 1.807) is 0 Å². The molecule has 0 spiro atoms. The fraction of sp³-hybridized carbons (Fsp3) is 1.00. The Labute approximate surface area is 129 Å². The molecule has 0 aliphatic carbocycles. The predicted octanol–water partition coefficient (Wildman–Crippen LogP) is -1.32. The quantitative estimate of drug-likeness (QED) is 0.243. The van der Waals surface area contributed by atoms with E-state index in [-0.39, 0.29) is 58.0 Å². The van der Waals surface area contributed by atoms with Gasteiger partial charge in [0.15, 0.2) is 0 Å². The van der Waals surface area contributed by atoms with E-state index < -0.39 is 10.4 Å². The molecule has 0 unspecified atom stereocenters. The topological polar surface area (TPSA) is 66.4 Å². The van der Waals surface area contributed by atoms with Gasteiger partial charge in [-0.05, 0) is 12.3 Å². The number of rotatable bonds is 7. The van der Waals surface area contributed by atoms with Gasteiger partial charge in [-0.3, -0.25) is 4.18 Å². The molecule has 0 aromatic carbocycles. The van der Waals surface area contributed by atoms with Crippen LogP contribution in [0.15, 0.2) is 0 Å². The van der Waals surface area contributed by atoms with Crippen LogP contribution in [0.3, 0.4) is 0 Å². The zero-order valence-electron chi connectivity index (χ0n) is 9.15. The summed E-state index contributed by atoms with van der Waals surface area (Å²) in [6.45, 7) is 4.29. The maximum Gasteiger partial charge on any atom is 1.00 e. The second-order valence-electron chi connectivity index (χ2n) is 3.47. The molecule has 0 bridgehead atoms. The molecule has 0 heterocycles. The summed E-state index contributed by atoms with van der Waals surface area (Å²) in [4.78, 5) is 0. The third-order valence-corrected chi connectivity index (χ3v) is 2.11. The van der Waals surface area contributed by atoms with Crippen LogP contribution in [0, 0.1) is 5.92 Å². The van der Waals surface area contributed by atoms with Gasteiger partial charge in [0.05, 0.1) is 6.61 Å². The van der Waals surface area contributed by atoms with Crippen LogP contribution >= 0.6 is 0 Å². The standard InChI is InChI=1S/C8H18O4S.K/c1-8(2)6-4-3-5-7-12-13(9,10)11;/h8H,3-7H2,1-2H3,(H,9,10,11);/q;+1/p-1. The number of hydrogen-bond donors (Lipinski definition) is 0. The third-order valence-electron chi connectivity index (χ3n) is 1.65. The Morgan fingerprint density at radius 3 is 2.21 bits per heavy atom. The van der Waals surface area contributed by atoms with Gasteiger partial charge in [0.2, 0.25) is 10.4 Å². The van der Waals surface area contributed by atoms with Gasteiger partial charge in [-0.1, -0.05) is 33.1 Å². The molecule has 0 aliphatic heterocycles. The van der Waals surface area contributed by atoms with Gasteiger partial charge < -0.3 is 4.55 Å². The first kappa shape index (κ1) is 17.9. The van der Waals surface area contributed by atoms with Gasteiger partial charge in [-0.2, -0.15) is 0 Å². The minimum atomic E-state index is -4.48. The molecular weight excluding hydrogens is 231 g/mol. The minimum Gasteiger partial charge on any atom is -0.726 e. The zero-order valence-corrected chi connectivity index (χ0v) is 13.1. The largest absolute Gasteiger partial charge is 1.00 e. The Bertz CT molecular complexity index is 213. The third kappa shape index (κ3) is 16.0. The molecule has 0 saturated heterocycles. The molecule has 4 nitrogen and oxygen atoms in total. The van der Waals surface area contributed by atoms with Gasteiger partial charge >= 0.3 is 51.4 Å². The van der Waals surface area contributed by atoms with Gasteiger partial charge in [0.1, 0.15) is 0 Å². The van der Waals surface area contributed by atoms with Gasteiger partial charge in [0.25, 0.3) is 0 Å². The predicted molar refractivity (Wildman–Crippen MR) is 49.0 cm³/mol. The van der Waals surface area contributed by atoms with Crippen LogP contribution in [0.4, 0.5) is 0 Å². The number of hydrogen-bond acceptors (Lipinski definition) is 4. The van der Waals surface area contributed by atoms with Crippen molar-refractivity contribution < 1.29 is 68.5 Å². The summed E-state index contributed by atoms with van der Waals surface area (Å²) in [6.07, 6.45) is 3.73. The van der Waals surface area contributed by atoms with E-state index in [0.29, 0.717) is 12.3 Å². The summed E-state index contributed by atoms with van der Waals surface area (Å²) < 4.78 is 34.0. The molecule has 0 fully saturated rings. The van der Waals surface area contributed by atoms with E-state index in [4.69, 9.17) is 0 Å². The first-order chi connectivity index (χ1) is 5.92. The summed E-state index contributed by atoms with van der Waals surface area (Å²) >= 11 is 0. The van der Waals surface area contributed by atoms with Crippen molar-refractivity contribution in [3.8, 4) is 0 Å². The molecule has 80 valence electrons. The molecule has 0 atom stereocenters. The summed E-state index contributed by atoms with van der Waals surface area (Å²) in [5.74, 6) is 0.671. The Morgan fingerprint density at radius 2 is 1.79 bits per heavy atom. The smallest absolute Gasteiger partial charge is 0.726 e. The number of unbranched alkanes of at least 4 members (excludes halogenated alkanes) is 2. The average molecular weight is 248 g/mol. The Hall–Kier alpha value is 1.51. The van der Waals surface area contributed by atoms with Crippen molar-refractivity contribution in [3.05, 3.63) is 0 Å². The Morgan fingerprint density at radius 1 is 1.21 bits per heavy atom. The van der Waals surface area contributed by atoms with Crippen molar-refractivity contribution in [1.29, 1.82) is 0 Å². The van der Waals surface area contributed by atoms with Crippen molar-refractivity contribution in [2.24, 2.45) is 5.92 Å². The Balaban J connectivity index is 0. The van der Waals surface area contributed by atoms with Gasteiger partial charge in [0, 0.05) is 0 Å². The molecule has 0 amide bonds. The van der Waals surface area contributed by atoms with E-state index in [1.165, 1.54) is 0 Å². The second kappa shape index (κ2) is 9.71. The van der Waals surface area contributed by atoms with Crippen LogP contribution in [-0.2, 0) is 14.6 Å². The Kier molecular flexibility index (Phi) is 12.4. The van der Waals surface area contributed by atoms with E-state index in [1.807, 2.05) is 0 Å². The molecule has 14 heavy (non-hydrogen) atoms. The molecule has 0 aliphatic rings. The normalized spacial score (nSPS) is 11.4. The average Bonchev–Trinajstić information content (AvgIpc) is 1.93. The summed E-state index contributed by atoms with van der Waals surface area (Å²) in [5, 5.41) is 0. The van der Waals surface area contributed by atoms with Crippen LogP contribution in [-0.4, -0.2) is 19.6 Å². The second-order valence-corrected chi connectivity index (χ2v) is 4.53. The molecule has 0 N–H and O–H groups in total. The summed E-state index contributed by atoms with van der Waals surface area (Å²) in [6, 6.07) is 0. The van der Waals surface area contributed by atoms with Crippen LogP contribution in [0.2, 0.25) is 0 Å². The first-order valence-electron chi connectivity index (χ1n) is 4.52. The molecule has 0 rings (SSSR count). The van der Waals surface area contributed by atoms with E-state index in [2.05, 4.69) is 18.0 Å². The van der Waals surface area contributed by atoms with Crippen molar-refractivity contribution in [2.75, 3.05) is 6.61 Å². The van der Waals surface area contributed by atoms with Crippen molar-refractivity contribution in [2.45, 2.75) is 39.5 Å². The maximum absolute atomic E-state index is 9.99. The SMILES string of the molecule is CC(C)CCCCCOS(=O)(=O)[O-].[K+]. The monoisotopic (exact) mass is 248 g/mol. The van der Waals surface area contributed by atoms with Crippen LogP contribution in [0.1, 0.15) is 39.5 Å². The molecule has 0 radical (unpaired) electrons. The van der Waals surface area contributed by atoms with Crippen LogP contribution < -0.4 is 51.4 Å². The van der Waals surface area contributed by atoms with Gasteiger partial charge in [-0.15, -0.1) is 0 Å². The summed E-state index contributed by atoms with van der Waals surface area (Å²) in [5.41, 5.74) is 0. The van der Waals surface area contributed by atoms with E-state index in [9.17, 15) is 13.0 Å². The van der Waals surface area contributed by atoms with Crippen molar-refractivity contribution >= 4 is 10.4 Å². The van der Waals surface area contributed by atoms with E-state index in [0.717, 1.165) is 19.3 Å². The fourth-order valence-electron chi connectivity index (χ4n) is 0.992. The molecule has 6 heteroatoms. The van der Waals surface area contributed by atoms with Crippen LogP contribution in [0.5, 0.6) is 0 Å². The zero-order chi connectivity index (χ0) is 10.3. The maximum atomic E-state index is 9.99. The minimum absolute atomic E-state index is 0. The van der Waals surface area contributed by atoms with Gasteiger partial charge in [-0.25, -0.2) is 8.42 Å². The molecular formula is C8H17KO4S. The first-order valence-corrected chi connectivity index (χ1v) is 5.85. The van der Waals surface area contributed by atoms with Crippen molar-refractivity contribution in [3.63, 3.8) is 0 Å².